The molecule has 1 aliphatic heterocycles. The van der Waals surface area contributed by atoms with E-state index in [4.69, 9.17) is 4.74 Å². The summed E-state index contributed by atoms with van der Waals surface area (Å²) < 4.78 is 5.28. The van der Waals surface area contributed by atoms with Crippen LogP contribution in [0.25, 0.3) is 0 Å². The molecule has 0 aliphatic carbocycles. The summed E-state index contributed by atoms with van der Waals surface area (Å²) >= 11 is 0. The molecule has 0 bridgehead atoms. The summed E-state index contributed by atoms with van der Waals surface area (Å²) in [5.41, 5.74) is 0. The van der Waals surface area contributed by atoms with Gasteiger partial charge in [-0.1, -0.05) is 0 Å². The second kappa shape index (κ2) is 5.74. The van der Waals surface area contributed by atoms with Crippen LogP contribution in [0.1, 0.15) is 5.82 Å². The highest BCUT2D eigenvalue weighted by atomic mass is 16.5. The molecule has 2 rings (SSSR count). The summed E-state index contributed by atoms with van der Waals surface area (Å²) in [5.74, 6) is 0.703. The summed E-state index contributed by atoms with van der Waals surface area (Å²) in [6, 6.07) is 0.111. The van der Waals surface area contributed by atoms with Crippen molar-refractivity contribution >= 4 is 5.91 Å². The maximum atomic E-state index is 11.9. The van der Waals surface area contributed by atoms with Crippen molar-refractivity contribution in [1.29, 1.82) is 0 Å². The predicted octanol–water partition coefficient (Wildman–Crippen LogP) is -1.30. The molecular formula is C10H17N5O2. The number of nitrogens with zero attached hydrogens (tertiary/aromatic N) is 2. The number of likely N-dealkylation sites (N-methyl/N-ethyl adjacent to an activating group) is 1. The zero-order valence-electron chi connectivity index (χ0n) is 9.77. The van der Waals surface area contributed by atoms with Gasteiger partial charge in [0.1, 0.15) is 12.2 Å². The van der Waals surface area contributed by atoms with E-state index in [0.29, 0.717) is 26.2 Å². The molecule has 17 heavy (non-hydrogen) atoms. The van der Waals surface area contributed by atoms with Gasteiger partial charge in [-0.05, 0) is 7.05 Å². The fraction of sp³-hybridized carbons (Fsp3) is 0.700. The van der Waals surface area contributed by atoms with E-state index >= 15 is 0 Å². The van der Waals surface area contributed by atoms with Crippen LogP contribution in [0.2, 0.25) is 0 Å². The van der Waals surface area contributed by atoms with E-state index in [-0.39, 0.29) is 17.9 Å². The van der Waals surface area contributed by atoms with Crippen molar-refractivity contribution in [1.82, 2.24) is 25.8 Å². The molecular weight excluding hydrogens is 222 g/mol. The molecule has 1 aromatic heterocycles. The van der Waals surface area contributed by atoms with Crippen LogP contribution in [0.5, 0.6) is 0 Å². The smallest absolute Gasteiger partial charge is 0.227 e. The summed E-state index contributed by atoms with van der Waals surface area (Å²) in [6.07, 6.45) is 2.11. The number of ether oxygens (including phenoxy) is 1. The van der Waals surface area contributed by atoms with E-state index < -0.39 is 0 Å². The lowest BCUT2D eigenvalue weighted by molar-refractivity contribution is -0.125. The van der Waals surface area contributed by atoms with Gasteiger partial charge in [0.2, 0.25) is 5.91 Å². The summed E-state index contributed by atoms with van der Waals surface area (Å²) in [7, 11) is 1.84. The number of hydrogen-bond acceptors (Lipinski definition) is 5. The standard InChI is InChI=1S/C10H17N5O2/c1-11-8-5-17-4-7(8)10(16)12-3-2-9-13-6-14-15-9/h6-8,11H,2-5H2,1H3,(H,12,16)(H,13,14,15). The van der Waals surface area contributed by atoms with Crippen molar-refractivity contribution in [3.63, 3.8) is 0 Å². The van der Waals surface area contributed by atoms with Gasteiger partial charge >= 0.3 is 0 Å². The number of nitrogens with one attached hydrogen (secondary N) is 3. The first-order valence-electron chi connectivity index (χ1n) is 5.68. The van der Waals surface area contributed by atoms with Gasteiger partial charge in [0, 0.05) is 19.0 Å². The molecule has 1 saturated heterocycles. The normalized spacial score (nSPS) is 23.8. The topological polar surface area (TPSA) is 91.9 Å². The first kappa shape index (κ1) is 12.0. The highest BCUT2D eigenvalue weighted by Gasteiger charge is 2.32. The Morgan fingerprint density at radius 2 is 2.53 bits per heavy atom. The second-order valence-electron chi connectivity index (χ2n) is 4.01. The van der Waals surface area contributed by atoms with Gasteiger partial charge in [0.05, 0.1) is 19.1 Å². The van der Waals surface area contributed by atoms with Gasteiger partial charge in [0.25, 0.3) is 0 Å². The van der Waals surface area contributed by atoms with Crippen LogP contribution in [0.15, 0.2) is 6.33 Å². The highest BCUT2D eigenvalue weighted by molar-refractivity contribution is 5.79. The van der Waals surface area contributed by atoms with Crippen molar-refractivity contribution in [3.05, 3.63) is 12.2 Å². The molecule has 0 aromatic carbocycles. The Bertz CT molecular complexity index is 354. The lowest BCUT2D eigenvalue weighted by Gasteiger charge is -2.16. The Balaban J connectivity index is 1.73. The van der Waals surface area contributed by atoms with Crippen molar-refractivity contribution in [2.24, 2.45) is 5.92 Å². The minimum atomic E-state index is -0.102. The zero-order chi connectivity index (χ0) is 12.1. The third-order valence-electron chi connectivity index (χ3n) is 2.91. The van der Waals surface area contributed by atoms with Gasteiger partial charge < -0.3 is 15.4 Å². The van der Waals surface area contributed by atoms with E-state index in [1.54, 1.807) is 0 Å². The quantitative estimate of drug-likeness (QED) is 0.594. The van der Waals surface area contributed by atoms with Gasteiger partial charge in [-0.15, -0.1) is 0 Å². The fourth-order valence-corrected chi connectivity index (χ4v) is 1.88. The number of hydrogen-bond donors (Lipinski definition) is 3. The molecule has 94 valence electrons. The van der Waals surface area contributed by atoms with Crippen LogP contribution >= 0.6 is 0 Å². The van der Waals surface area contributed by atoms with Crippen LogP contribution in [0.3, 0.4) is 0 Å². The Hall–Kier alpha value is -1.47. The molecule has 0 radical (unpaired) electrons. The number of rotatable bonds is 5. The van der Waals surface area contributed by atoms with Gasteiger partial charge in [0.15, 0.2) is 0 Å². The van der Waals surface area contributed by atoms with Crippen molar-refractivity contribution in [2.75, 3.05) is 26.8 Å². The maximum absolute atomic E-state index is 11.9. The van der Waals surface area contributed by atoms with E-state index in [0.717, 1.165) is 5.82 Å². The van der Waals surface area contributed by atoms with Crippen LogP contribution in [0, 0.1) is 5.92 Å². The van der Waals surface area contributed by atoms with E-state index in [9.17, 15) is 4.79 Å². The minimum Gasteiger partial charge on any atom is -0.379 e. The number of amides is 1. The van der Waals surface area contributed by atoms with Gasteiger partial charge in [-0.25, -0.2) is 4.98 Å². The lowest BCUT2D eigenvalue weighted by Crippen LogP contribution is -2.43. The van der Waals surface area contributed by atoms with Crippen molar-refractivity contribution in [2.45, 2.75) is 12.5 Å². The molecule has 2 atom stereocenters. The molecule has 7 heteroatoms. The summed E-state index contributed by atoms with van der Waals surface area (Å²) in [5, 5.41) is 12.5. The maximum Gasteiger partial charge on any atom is 0.227 e. The summed E-state index contributed by atoms with van der Waals surface area (Å²) in [6.45, 7) is 1.64. The number of aromatic nitrogens is 3. The van der Waals surface area contributed by atoms with Crippen LogP contribution in [0.4, 0.5) is 0 Å². The van der Waals surface area contributed by atoms with Crippen molar-refractivity contribution in [3.8, 4) is 0 Å². The molecule has 3 N–H and O–H groups in total. The monoisotopic (exact) mass is 239 g/mol. The molecule has 7 nitrogen and oxygen atoms in total. The third kappa shape index (κ3) is 3.01. The molecule has 2 unspecified atom stereocenters. The molecule has 1 amide bonds. The van der Waals surface area contributed by atoms with E-state index in [2.05, 4.69) is 25.8 Å². The molecule has 1 aliphatic rings. The van der Waals surface area contributed by atoms with Crippen LogP contribution in [-0.2, 0) is 16.0 Å². The Morgan fingerprint density at radius 1 is 1.65 bits per heavy atom. The highest BCUT2D eigenvalue weighted by Crippen LogP contribution is 2.13. The summed E-state index contributed by atoms with van der Waals surface area (Å²) in [4.78, 5) is 15.9. The van der Waals surface area contributed by atoms with Gasteiger partial charge in [-0.3, -0.25) is 9.89 Å². The second-order valence-corrected chi connectivity index (χ2v) is 4.01. The Kier molecular flexibility index (Phi) is 4.05. The average Bonchev–Trinajstić information content (AvgIpc) is 2.99. The minimum absolute atomic E-state index is 0.0290. The van der Waals surface area contributed by atoms with E-state index in [1.807, 2.05) is 7.05 Å². The SMILES string of the molecule is CNC1COCC1C(=O)NCCc1ncn[nH]1. The third-order valence-corrected chi connectivity index (χ3v) is 2.91. The molecule has 2 heterocycles. The van der Waals surface area contributed by atoms with Crippen LogP contribution in [-0.4, -0.2) is 53.9 Å². The Labute approximate surface area is 99.3 Å². The number of aromatic amines is 1. The number of carbonyl (C=O) groups excluding carboxylic acids is 1. The average molecular weight is 239 g/mol. The lowest BCUT2D eigenvalue weighted by atomic mass is 10.0. The molecule has 0 saturated carbocycles. The molecule has 1 aromatic rings. The largest absolute Gasteiger partial charge is 0.379 e. The van der Waals surface area contributed by atoms with Gasteiger partial charge in [-0.2, -0.15) is 5.10 Å². The molecule has 1 fully saturated rings. The van der Waals surface area contributed by atoms with Crippen molar-refractivity contribution < 1.29 is 9.53 Å². The predicted molar refractivity (Wildman–Crippen MR) is 60.3 cm³/mol. The first-order chi connectivity index (χ1) is 8.31. The fourth-order valence-electron chi connectivity index (χ4n) is 1.88. The number of H-pyrrole nitrogens is 1. The number of carbonyl (C=O) groups is 1. The molecule has 0 spiro atoms. The van der Waals surface area contributed by atoms with E-state index in [1.165, 1.54) is 6.33 Å². The Morgan fingerprint density at radius 3 is 3.24 bits per heavy atom. The zero-order valence-corrected chi connectivity index (χ0v) is 9.77. The first-order valence-corrected chi connectivity index (χ1v) is 5.68. The van der Waals surface area contributed by atoms with Crippen LogP contribution < -0.4 is 10.6 Å².